The second kappa shape index (κ2) is 9.99. The van der Waals surface area contributed by atoms with Crippen molar-refractivity contribution >= 4 is 11.8 Å². The van der Waals surface area contributed by atoms with Gasteiger partial charge < -0.3 is 15.5 Å². The molecule has 0 bridgehead atoms. The molecule has 212 valence electrons. The summed E-state index contributed by atoms with van der Waals surface area (Å²) in [5, 5.41) is 35.3. The number of carboxylic acid groups (broad SMARTS) is 1. The van der Waals surface area contributed by atoms with Crippen molar-refractivity contribution in [3.05, 3.63) is 70.4 Å². The van der Waals surface area contributed by atoms with Gasteiger partial charge in [0.2, 0.25) is 5.82 Å². The van der Waals surface area contributed by atoms with Crippen LogP contribution in [-0.4, -0.2) is 52.0 Å². The van der Waals surface area contributed by atoms with Gasteiger partial charge in [0.1, 0.15) is 11.6 Å². The molecule has 0 radical (unpaired) electrons. The molecule has 0 saturated heterocycles. The van der Waals surface area contributed by atoms with Crippen molar-refractivity contribution in [1.82, 2.24) is 30.2 Å². The molecule has 41 heavy (non-hydrogen) atoms. The Bertz CT molecular complexity index is 1620. The van der Waals surface area contributed by atoms with Crippen LogP contribution in [0.1, 0.15) is 66.6 Å². The first-order valence-electron chi connectivity index (χ1n) is 13.7. The molecule has 2 aliphatic carbocycles. The lowest BCUT2D eigenvalue weighted by Gasteiger charge is -2.18. The summed E-state index contributed by atoms with van der Waals surface area (Å²) in [6, 6.07) is 7.15. The molecule has 3 atom stereocenters. The van der Waals surface area contributed by atoms with Crippen molar-refractivity contribution in [2.24, 2.45) is 5.92 Å². The van der Waals surface area contributed by atoms with Crippen LogP contribution >= 0.6 is 0 Å². The molecule has 2 aliphatic rings. The zero-order valence-electron chi connectivity index (χ0n) is 23.4. The van der Waals surface area contributed by atoms with E-state index in [2.05, 4.69) is 30.7 Å². The second-order valence-corrected chi connectivity index (χ2v) is 11.8. The summed E-state index contributed by atoms with van der Waals surface area (Å²) in [4.78, 5) is 21.4. The number of aliphatic hydroxyl groups is 1. The van der Waals surface area contributed by atoms with Gasteiger partial charge in [-0.1, -0.05) is 6.07 Å². The standard InChI is InChI=1S/C30H32FN7O3/c1-15-9-17(28-35-37-38(36-28)14-30(3,4)41)10-16(2)26(15)18-5-7-22(31)27-19(18)6-8-23(27)34-25-13-32-24(12-33-25)20-11-21(20)29(39)40/h5,7,9-10,12-13,20-21,23,41H,6,8,11,14H2,1-4H3,(H,33,34)(H,39,40)/t20-,21-,23?/m1/s1. The number of halogens is 1. The van der Waals surface area contributed by atoms with Gasteiger partial charge in [0.25, 0.3) is 0 Å². The Hall–Kier alpha value is -4.25. The number of carboxylic acids is 1. The summed E-state index contributed by atoms with van der Waals surface area (Å²) in [7, 11) is 0. The summed E-state index contributed by atoms with van der Waals surface area (Å²) in [6.07, 6.45) is 5.22. The normalized spacial score (nSPS) is 19.7. The van der Waals surface area contributed by atoms with Crippen molar-refractivity contribution < 1.29 is 19.4 Å². The first kappa shape index (κ1) is 26.9. The number of hydrogen-bond donors (Lipinski definition) is 3. The van der Waals surface area contributed by atoms with Crippen molar-refractivity contribution in [2.45, 2.75) is 71.1 Å². The Kier molecular flexibility index (Phi) is 6.56. The van der Waals surface area contributed by atoms with Gasteiger partial charge in [-0.25, -0.2) is 9.37 Å². The van der Waals surface area contributed by atoms with E-state index in [0.717, 1.165) is 33.4 Å². The van der Waals surface area contributed by atoms with E-state index < -0.39 is 11.6 Å². The molecule has 11 heteroatoms. The average molecular weight is 558 g/mol. The van der Waals surface area contributed by atoms with Gasteiger partial charge in [0.15, 0.2) is 0 Å². The predicted molar refractivity (Wildman–Crippen MR) is 150 cm³/mol. The SMILES string of the molecule is Cc1cc(-c2nnn(CC(C)(C)O)n2)cc(C)c1-c1ccc(F)c2c1CCC2Nc1cnc([C@@H]2C[C@H]2C(=O)O)cn1. The summed E-state index contributed by atoms with van der Waals surface area (Å²) in [6.45, 7) is 7.67. The van der Waals surface area contributed by atoms with Gasteiger partial charge in [-0.05, 0) is 98.2 Å². The van der Waals surface area contributed by atoms with E-state index in [0.29, 0.717) is 42.2 Å². The molecule has 2 heterocycles. The minimum Gasteiger partial charge on any atom is -0.481 e. The van der Waals surface area contributed by atoms with E-state index in [9.17, 15) is 15.0 Å². The number of rotatable bonds is 8. The predicted octanol–water partition coefficient (Wildman–Crippen LogP) is 4.61. The Labute approximate surface area is 236 Å². The Morgan fingerprint density at radius 1 is 1.17 bits per heavy atom. The lowest BCUT2D eigenvalue weighted by atomic mass is 9.89. The van der Waals surface area contributed by atoms with Crippen LogP contribution in [0.2, 0.25) is 0 Å². The molecular weight excluding hydrogens is 525 g/mol. The maximum Gasteiger partial charge on any atom is 0.307 e. The van der Waals surface area contributed by atoms with Crippen LogP contribution in [0.3, 0.4) is 0 Å². The first-order chi connectivity index (χ1) is 19.5. The third-order valence-corrected chi connectivity index (χ3v) is 7.86. The molecule has 1 saturated carbocycles. The Morgan fingerprint density at radius 3 is 2.56 bits per heavy atom. The summed E-state index contributed by atoms with van der Waals surface area (Å²) >= 11 is 0. The number of hydrogen-bond acceptors (Lipinski definition) is 8. The molecule has 6 rings (SSSR count). The maximum absolute atomic E-state index is 15.3. The second-order valence-electron chi connectivity index (χ2n) is 11.8. The fourth-order valence-electron chi connectivity index (χ4n) is 5.96. The zero-order chi connectivity index (χ0) is 29.1. The van der Waals surface area contributed by atoms with Crippen LogP contribution in [0.15, 0.2) is 36.7 Å². The Morgan fingerprint density at radius 2 is 1.93 bits per heavy atom. The first-order valence-corrected chi connectivity index (χ1v) is 13.7. The van der Waals surface area contributed by atoms with Crippen LogP contribution < -0.4 is 5.32 Å². The monoisotopic (exact) mass is 557 g/mol. The van der Waals surface area contributed by atoms with Gasteiger partial charge in [-0.15, -0.1) is 10.2 Å². The summed E-state index contributed by atoms with van der Waals surface area (Å²) in [5.74, 6) is -0.528. The molecule has 0 amide bonds. The lowest BCUT2D eigenvalue weighted by Crippen LogP contribution is -2.27. The van der Waals surface area contributed by atoms with E-state index in [1.807, 2.05) is 32.0 Å². The largest absolute Gasteiger partial charge is 0.481 e. The smallest absolute Gasteiger partial charge is 0.307 e. The number of nitrogens with zero attached hydrogens (tertiary/aromatic N) is 6. The van der Waals surface area contributed by atoms with Crippen LogP contribution in [0.5, 0.6) is 0 Å². The van der Waals surface area contributed by atoms with Gasteiger partial charge in [-0.3, -0.25) is 9.78 Å². The molecule has 1 fully saturated rings. The number of fused-ring (bicyclic) bond motifs is 1. The number of carbonyl (C=O) groups is 1. The highest BCUT2D eigenvalue weighted by atomic mass is 19.1. The fourth-order valence-corrected chi connectivity index (χ4v) is 5.96. The number of aliphatic carboxylic acids is 1. The molecule has 10 nitrogen and oxygen atoms in total. The number of benzene rings is 2. The highest BCUT2D eigenvalue weighted by Crippen LogP contribution is 2.47. The number of aromatic nitrogens is 6. The molecule has 2 aromatic heterocycles. The van der Waals surface area contributed by atoms with E-state index in [1.54, 1.807) is 26.2 Å². The van der Waals surface area contributed by atoms with E-state index in [-0.39, 0.29) is 30.2 Å². The van der Waals surface area contributed by atoms with Crippen molar-refractivity contribution in [1.29, 1.82) is 0 Å². The fraction of sp³-hybridized carbons (Fsp3) is 0.400. The minimum atomic E-state index is -0.957. The van der Waals surface area contributed by atoms with Crippen LogP contribution in [0.25, 0.3) is 22.5 Å². The minimum absolute atomic E-state index is 0.0884. The van der Waals surface area contributed by atoms with Gasteiger partial charge >= 0.3 is 5.97 Å². The maximum atomic E-state index is 15.3. The number of anilines is 1. The summed E-state index contributed by atoms with van der Waals surface area (Å²) in [5.41, 5.74) is 6.25. The highest BCUT2D eigenvalue weighted by Gasteiger charge is 2.45. The molecular formula is C30H32FN7O3. The van der Waals surface area contributed by atoms with Crippen LogP contribution in [0, 0.1) is 25.6 Å². The number of tetrazole rings is 1. The zero-order valence-corrected chi connectivity index (χ0v) is 23.4. The quantitative estimate of drug-likeness (QED) is 0.283. The van der Waals surface area contributed by atoms with Crippen LogP contribution in [0.4, 0.5) is 10.2 Å². The molecule has 3 N–H and O–H groups in total. The highest BCUT2D eigenvalue weighted by molar-refractivity contribution is 5.79. The Balaban J connectivity index is 1.26. The van der Waals surface area contributed by atoms with Crippen molar-refractivity contribution in [3.8, 4) is 22.5 Å². The topological polar surface area (TPSA) is 139 Å². The molecule has 4 aromatic rings. The van der Waals surface area contributed by atoms with E-state index in [4.69, 9.17) is 0 Å². The molecule has 0 aliphatic heterocycles. The van der Waals surface area contributed by atoms with E-state index >= 15 is 4.39 Å². The lowest BCUT2D eigenvalue weighted by molar-refractivity contribution is -0.138. The summed E-state index contributed by atoms with van der Waals surface area (Å²) < 4.78 is 15.3. The van der Waals surface area contributed by atoms with Crippen molar-refractivity contribution in [3.63, 3.8) is 0 Å². The third kappa shape index (κ3) is 5.29. The van der Waals surface area contributed by atoms with E-state index in [1.165, 1.54) is 10.9 Å². The molecule has 2 aromatic carbocycles. The number of aryl methyl sites for hydroxylation is 2. The average Bonchev–Trinajstić information content (AvgIpc) is 3.40. The van der Waals surface area contributed by atoms with Crippen molar-refractivity contribution in [2.75, 3.05) is 5.32 Å². The third-order valence-electron chi connectivity index (χ3n) is 7.86. The molecule has 0 spiro atoms. The van der Waals surface area contributed by atoms with Gasteiger partial charge in [0.05, 0.1) is 42.2 Å². The van der Waals surface area contributed by atoms with Gasteiger partial charge in [-0.2, -0.15) is 4.80 Å². The molecule has 1 unspecified atom stereocenters. The number of nitrogens with one attached hydrogen (secondary N) is 1. The van der Waals surface area contributed by atoms with Crippen LogP contribution in [-0.2, 0) is 17.8 Å². The van der Waals surface area contributed by atoms with Gasteiger partial charge in [0, 0.05) is 17.0 Å².